The maximum atomic E-state index is 13.4. The highest BCUT2D eigenvalue weighted by molar-refractivity contribution is 6.30. The Morgan fingerprint density at radius 2 is 1.87 bits per heavy atom. The van der Waals surface area contributed by atoms with Gasteiger partial charge in [0.05, 0.1) is 11.6 Å². The normalized spacial score (nSPS) is 20.2. The van der Waals surface area contributed by atoms with Gasteiger partial charge in [0, 0.05) is 18.7 Å². The van der Waals surface area contributed by atoms with E-state index in [0.717, 1.165) is 0 Å². The lowest BCUT2D eigenvalue weighted by atomic mass is 9.85. The molecule has 9 nitrogen and oxygen atoms in total. The van der Waals surface area contributed by atoms with E-state index >= 15 is 0 Å². The van der Waals surface area contributed by atoms with Gasteiger partial charge in [-0.1, -0.05) is 32.4 Å². The first kappa shape index (κ1) is 24.7. The van der Waals surface area contributed by atoms with Crippen LogP contribution in [0.3, 0.4) is 0 Å². The lowest BCUT2D eigenvalue weighted by Crippen LogP contribution is -2.57. The molecule has 1 saturated heterocycles. The molecule has 0 bridgehead atoms. The Labute approximate surface area is 187 Å². The van der Waals surface area contributed by atoms with Crippen molar-refractivity contribution >= 4 is 29.6 Å². The van der Waals surface area contributed by atoms with E-state index in [1.807, 2.05) is 0 Å². The number of aliphatic carboxylic acids is 1. The Kier molecular flexibility index (Phi) is 7.41. The van der Waals surface area contributed by atoms with E-state index in [1.165, 1.54) is 11.1 Å². The Morgan fingerprint density at radius 3 is 2.35 bits per heavy atom. The van der Waals surface area contributed by atoms with E-state index in [4.69, 9.17) is 21.1 Å². The van der Waals surface area contributed by atoms with Gasteiger partial charge in [-0.2, -0.15) is 0 Å². The third kappa shape index (κ3) is 6.99. The van der Waals surface area contributed by atoms with Crippen molar-refractivity contribution in [3.63, 3.8) is 0 Å². The third-order valence-electron chi connectivity index (χ3n) is 4.59. The van der Waals surface area contributed by atoms with Crippen LogP contribution in [-0.4, -0.2) is 63.3 Å². The molecule has 3 atom stereocenters. The Morgan fingerprint density at radius 1 is 1.23 bits per heavy atom. The lowest BCUT2D eigenvalue weighted by Gasteiger charge is -2.35. The fraction of sp³-hybridized carbons (Fsp3) is 0.619. The molecule has 10 heteroatoms. The van der Waals surface area contributed by atoms with Gasteiger partial charge in [0.15, 0.2) is 0 Å². The molecule has 0 spiro atoms. The third-order valence-corrected chi connectivity index (χ3v) is 4.82. The molecule has 2 amide bonds. The monoisotopic (exact) mass is 455 g/mol. The number of nitrogens with one attached hydrogen (secondary N) is 1. The summed E-state index contributed by atoms with van der Waals surface area (Å²) in [5.74, 6) is -1.37. The molecule has 1 fully saturated rings. The zero-order chi connectivity index (χ0) is 23.6. The molecule has 0 aromatic carbocycles. The fourth-order valence-electron chi connectivity index (χ4n) is 3.20. The minimum Gasteiger partial charge on any atom is -0.480 e. The van der Waals surface area contributed by atoms with Gasteiger partial charge in [-0.25, -0.2) is 14.6 Å². The van der Waals surface area contributed by atoms with Gasteiger partial charge in [-0.15, -0.1) is 0 Å². The molecule has 0 aliphatic carbocycles. The van der Waals surface area contributed by atoms with Gasteiger partial charge in [0.1, 0.15) is 23.8 Å². The van der Waals surface area contributed by atoms with Crippen LogP contribution in [0, 0.1) is 5.41 Å². The van der Waals surface area contributed by atoms with Gasteiger partial charge in [-0.05, 0) is 32.3 Å². The summed E-state index contributed by atoms with van der Waals surface area (Å²) in [5.41, 5.74) is -1.43. The summed E-state index contributed by atoms with van der Waals surface area (Å²) in [6, 6.07) is 1.10. The number of likely N-dealkylation sites (tertiary alicyclic amines) is 1. The van der Waals surface area contributed by atoms with Crippen LogP contribution in [0.15, 0.2) is 18.3 Å². The molecule has 0 saturated carbocycles. The Bertz CT molecular complexity index is 816. The van der Waals surface area contributed by atoms with E-state index in [-0.39, 0.29) is 18.8 Å². The molecule has 2 N–H and O–H groups in total. The predicted octanol–water partition coefficient (Wildman–Crippen LogP) is 3.11. The number of carboxylic acids is 1. The summed E-state index contributed by atoms with van der Waals surface area (Å²) >= 11 is 5.82. The van der Waals surface area contributed by atoms with Crippen LogP contribution in [0.5, 0.6) is 5.88 Å². The topological polar surface area (TPSA) is 118 Å². The standard InChI is InChI=1S/C21H30ClN3O6/c1-20(2,3)16(24-19(29)31-21(4,5)6)17(26)25-11-13(9-14(25)18(27)28)30-15-8-7-12(22)10-23-15/h7-8,10,13-14,16H,9,11H2,1-6H3,(H,24,29)(H,27,28)/t13-,14+,16?/m1/s1. The van der Waals surface area contributed by atoms with Crippen LogP contribution in [0.2, 0.25) is 5.02 Å². The molecule has 1 unspecified atom stereocenters. The minimum atomic E-state index is -1.14. The summed E-state index contributed by atoms with van der Waals surface area (Å²) in [5, 5.41) is 12.7. The second-order valence-electron chi connectivity index (χ2n) is 9.58. The van der Waals surface area contributed by atoms with Gasteiger partial charge in [-0.3, -0.25) is 4.79 Å². The molecule has 2 heterocycles. The first-order chi connectivity index (χ1) is 14.2. The number of alkyl carbamates (subject to hydrolysis) is 1. The smallest absolute Gasteiger partial charge is 0.408 e. The highest BCUT2D eigenvalue weighted by atomic mass is 35.5. The second-order valence-corrected chi connectivity index (χ2v) is 10.0. The van der Waals surface area contributed by atoms with Crippen molar-refractivity contribution in [2.24, 2.45) is 5.41 Å². The molecule has 1 aromatic rings. The van der Waals surface area contributed by atoms with Crippen molar-refractivity contribution < 1.29 is 29.0 Å². The SMILES string of the molecule is CC(C)(C)OC(=O)NC(C(=O)N1C[C@H](Oc2ccc(Cl)cn2)C[C@H]1C(=O)O)C(C)(C)C. The van der Waals surface area contributed by atoms with Crippen LogP contribution in [0.4, 0.5) is 4.79 Å². The highest BCUT2D eigenvalue weighted by Crippen LogP contribution is 2.28. The van der Waals surface area contributed by atoms with Gasteiger partial charge in [0.25, 0.3) is 0 Å². The van der Waals surface area contributed by atoms with Gasteiger partial charge in [0.2, 0.25) is 11.8 Å². The molecule has 1 aromatic heterocycles. The number of pyridine rings is 1. The van der Waals surface area contributed by atoms with Crippen molar-refractivity contribution in [3.05, 3.63) is 23.4 Å². The fourth-order valence-corrected chi connectivity index (χ4v) is 3.31. The number of nitrogens with zero attached hydrogens (tertiary/aromatic N) is 2. The van der Waals surface area contributed by atoms with Crippen molar-refractivity contribution in [2.45, 2.75) is 71.8 Å². The first-order valence-corrected chi connectivity index (χ1v) is 10.4. The number of carbonyl (C=O) groups excluding carboxylic acids is 2. The Balaban J connectivity index is 2.19. The number of rotatable bonds is 5. The van der Waals surface area contributed by atoms with E-state index in [9.17, 15) is 19.5 Å². The number of carbonyl (C=O) groups is 3. The molecule has 2 rings (SSSR count). The summed E-state index contributed by atoms with van der Waals surface area (Å²) in [4.78, 5) is 42.8. The number of ether oxygens (including phenoxy) is 2. The number of hydrogen-bond acceptors (Lipinski definition) is 6. The number of amides is 2. The molecule has 1 aliphatic rings. The zero-order valence-electron chi connectivity index (χ0n) is 18.6. The van der Waals surface area contributed by atoms with E-state index in [1.54, 1.807) is 53.7 Å². The van der Waals surface area contributed by atoms with Crippen molar-refractivity contribution in [3.8, 4) is 5.88 Å². The summed E-state index contributed by atoms with van der Waals surface area (Å²) in [6.45, 7) is 10.5. The van der Waals surface area contributed by atoms with Crippen LogP contribution < -0.4 is 10.1 Å². The lowest BCUT2D eigenvalue weighted by molar-refractivity contribution is -0.150. The largest absolute Gasteiger partial charge is 0.480 e. The van der Waals surface area contributed by atoms with E-state index in [0.29, 0.717) is 5.02 Å². The first-order valence-electron chi connectivity index (χ1n) is 9.98. The van der Waals surface area contributed by atoms with Crippen molar-refractivity contribution in [2.75, 3.05) is 6.54 Å². The molecule has 172 valence electrons. The van der Waals surface area contributed by atoms with Gasteiger partial charge >= 0.3 is 12.1 Å². The molecule has 31 heavy (non-hydrogen) atoms. The number of aromatic nitrogens is 1. The van der Waals surface area contributed by atoms with Gasteiger partial charge < -0.3 is 24.8 Å². The summed E-state index contributed by atoms with van der Waals surface area (Å²) < 4.78 is 11.0. The predicted molar refractivity (Wildman–Crippen MR) is 114 cm³/mol. The molecule has 1 aliphatic heterocycles. The van der Waals surface area contributed by atoms with Crippen LogP contribution in [0.25, 0.3) is 0 Å². The average Bonchev–Trinajstić information content (AvgIpc) is 3.03. The maximum absolute atomic E-state index is 13.4. The van der Waals surface area contributed by atoms with Crippen molar-refractivity contribution in [1.82, 2.24) is 15.2 Å². The number of carboxylic acid groups (broad SMARTS) is 1. The van der Waals surface area contributed by atoms with Crippen molar-refractivity contribution in [1.29, 1.82) is 0 Å². The zero-order valence-corrected chi connectivity index (χ0v) is 19.4. The Hall–Kier alpha value is -2.55. The number of halogens is 1. The van der Waals surface area contributed by atoms with Crippen LogP contribution in [-0.2, 0) is 14.3 Å². The average molecular weight is 456 g/mol. The highest BCUT2D eigenvalue weighted by Gasteiger charge is 2.46. The quantitative estimate of drug-likeness (QED) is 0.700. The van der Waals surface area contributed by atoms with Crippen LogP contribution in [0.1, 0.15) is 48.0 Å². The molecular weight excluding hydrogens is 426 g/mol. The number of hydrogen-bond donors (Lipinski definition) is 2. The summed E-state index contributed by atoms with van der Waals surface area (Å²) in [7, 11) is 0. The van der Waals surface area contributed by atoms with E-state index < -0.39 is 47.2 Å². The van der Waals surface area contributed by atoms with Crippen LogP contribution >= 0.6 is 11.6 Å². The maximum Gasteiger partial charge on any atom is 0.408 e. The molecular formula is C21H30ClN3O6. The minimum absolute atomic E-state index is 0.0443. The summed E-state index contributed by atoms with van der Waals surface area (Å²) in [6.07, 6.45) is 0.198. The van der Waals surface area contributed by atoms with E-state index in [2.05, 4.69) is 10.3 Å². The molecule has 0 radical (unpaired) electrons. The second kappa shape index (κ2) is 9.30.